The van der Waals surface area contributed by atoms with Gasteiger partial charge in [0.1, 0.15) is 23.1 Å². The van der Waals surface area contributed by atoms with E-state index in [1.54, 1.807) is 44.7 Å². The zero-order chi connectivity index (χ0) is 19.0. The highest BCUT2D eigenvalue weighted by molar-refractivity contribution is 7.99. The molecular formula is C18H27NO5S. The molecule has 0 spiro atoms. The summed E-state index contributed by atoms with van der Waals surface area (Å²) in [5.74, 6) is 0.404. The van der Waals surface area contributed by atoms with Gasteiger partial charge >= 0.3 is 11.9 Å². The second-order valence-corrected chi connectivity index (χ2v) is 7.70. The first-order valence-corrected chi connectivity index (χ1v) is 9.14. The van der Waals surface area contributed by atoms with Gasteiger partial charge in [0.25, 0.3) is 0 Å². The van der Waals surface area contributed by atoms with E-state index < -0.39 is 17.8 Å². The Bertz CT molecular complexity index is 598. The van der Waals surface area contributed by atoms with E-state index in [1.807, 2.05) is 13.0 Å². The fourth-order valence-electron chi connectivity index (χ4n) is 2.01. The fourth-order valence-corrected chi connectivity index (χ4v) is 2.70. The summed E-state index contributed by atoms with van der Waals surface area (Å²) in [5, 5.41) is 0. The van der Waals surface area contributed by atoms with Gasteiger partial charge in [0.2, 0.25) is 0 Å². The molecule has 0 aliphatic carbocycles. The van der Waals surface area contributed by atoms with Gasteiger partial charge < -0.3 is 14.2 Å². The average Bonchev–Trinajstić information content (AvgIpc) is 2.51. The molecule has 0 amide bonds. The van der Waals surface area contributed by atoms with Crippen molar-refractivity contribution in [1.29, 1.82) is 0 Å². The zero-order valence-corrected chi connectivity index (χ0v) is 16.3. The molecule has 0 aromatic heterocycles. The molecule has 0 saturated heterocycles. The minimum Gasteiger partial charge on any atom is -0.475 e. The number of rotatable bonds is 8. The molecule has 1 aromatic carbocycles. The van der Waals surface area contributed by atoms with Crippen molar-refractivity contribution in [1.82, 2.24) is 0 Å². The Hall–Kier alpha value is -1.73. The number of carbonyl (C=O) groups is 2. The summed E-state index contributed by atoms with van der Waals surface area (Å²) in [6, 6.07) is 5.24. The van der Waals surface area contributed by atoms with Gasteiger partial charge in [-0.2, -0.15) is 0 Å². The SMILES string of the molecule is CCSc1ccc(C(=O)OC)c(OC(N)CCC(=O)OC(C)(C)C)c1. The highest BCUT2D eigenvalue weighted by atomic mass is 32.2. The maximum absolute atomic E-state index is 11.9. The number of hydrogen-bond acceptors (Lipinski definition) is 7. The van der Waals surface area contributed by atoms with Gasteiger partial charge in [0, 0.05) is 11.3 Å². The van der Waals surface area contributed by atoms with Crippen LogP contribution in [0.25, 0.3) is 0 Å². The number of esters is 2. The zero-order valence-electron chi connectivity index (χ0n) is 15.5. The first-order chi connectivity index (χ1) is 11.7. The van der Waals surface area contributed by atoms with E-state index >= 15 is 0 Å². The van der Waals surface area contributed by atoms with E-state index in [-0.39, 0.29) is 18.8 Å². The van der Waals surface area contributed by atoms with Crippen LogP contribution in [0.5, 0.6) is 5.75 Å². The Kier molecular flexibility index (Phi) is 8.25. The van der Waals surface area contributed by atoms with E-state index in [0.717, 1.165) is 10.6 Å². The van der Waals surface area contributed by atoms with Crippen molar-refractivity contribution in [3.63, 3.8) is 0 Å². The molecule has 140 valence electrons. The Morgan fingerprint density at radius 2 is 1.96 bits per heavy atom. The lowest BCUT2D eigenvalue weighted by Crippen LogP contribution is -2.30. The Balaban J connectivity index is 2.76. The number of methoxy groups -OCH3 is 1. The van der Waals surface area contributed by atoms with E-state index in [9.17, 15) is 9.59 Å². The highest BCUT2D eigenvalue weighted by Crippen LogP contribution is 2.28. The van der Waals surface area contributed by atoms with Crippen LogP contribution in [-0.4, -0.2) is 36.6 Å². The number of benzene rings is 1. The van der Waals surface area contributed by atoms with Gasteiger partial charge in [0.05, 0.1) is 13.5 Å². The minimum absolute atomic E-state index is 0.134. The third-order valence-electron chi connectivity index (χ3n) is 3.00. The van der Waals surface area contributed by atoms with Crippen LogP contribution < -0.4 is 10.5 Å². The van der Waals surface area contributed by atoms with Crippen LogP contribution in [0.4, 0.5) is 0 Å². The van der Waals surface area contributed by atoms with E-state index in [0.29, 0.717) is 11.3 Å². The number of ether oxygens (including phenoxy) is 3. The van der Waals surface area contributed by atoms with E-state index in [4.69, 9.17) is 19.9 Å². The Morgan fingerprint density at radius 1 is 1.28 bits per heavy atom. The van der Waals surface area contributed by atoms with Crippen LogP contribution in [0.3, 0.4) is 0 Å². The van der Waals surface area contributed by atoms with Crippen LogP contribution in [0.1, 0.15) is 50.9 Å². The molecule has 0 radical (unpaired) electrons. The maximum Gasteiger partial charge on any atom is 0.341 e. The van der Waals surface area contributed by atoms with Gasteiger partial charge in [-0.25, -0.2) is 4.79 Å². The molecule has 1 atom stereocenters. The molecule has 0 aliphatic rings. The third-order valence-corrected chi connectivity index (χ3v) is 3.88. The average molecular weight is 369 g/mol. The number of carbonyl (C=O) groups excluding carboxylic acids is 2. The summed E-state index contributed by atoms with van der Waals surface area (Å²) < 4.78 is 15.7. The normalized spacial score (nSPS) is 12.4. The van der Waals surface area contributed by atoms with Crippen molar-refractivity contribution in [3.8, 4) is 5.75 Å². The largest absolute Gasteiger partial charge is 0.475 e. The fraction of sp³-hybridized carbons (Fsp3) is 0.556. The molecule has 2 N–H and O–H groups in total. The lowest BCUT2D eigenvalue weighted by molar-refractivity contribution is -0.155. The highest BCUT2D eigenvalue weighted by Gasteiger charge is 2.19. The quantitative estimate of drug-likeness (QED) is 0.427. The first-order valence-electron chi connectivity index (χ1n) is 8.15. The monoisotopic (exact) mass is 369 g/mol. The van der Waals surface area contributed by atoms with Crippen molar-refractivity contribution in [2.45, 2.75) is 57.3 Å². The molecule has 25 heavy (non-hydrogen) atoms. The molecule has 0 saturated carbocycles. The Labute approximate surface area is 153 Å². The predicted molar refractivity (Wildman–Crippen MR) is 97.9 cm³/mol. The minimum atomic E-state index is -0.738. The number of nitrogens with two attached hydrogens (primary N) is 1. The predicted octanol–water partition coefficient (Wildman–Crippen LogP) is 3.37. The Morgan fingerprint density at radius 3 is 2.52 bits per heavy atom. The van der Waals surface area contributed by atoms with E-state index in [1.165, 1.54) is 7.11 Å². The van der Waals surface area contributed by atoms with Crippen molar-refractivity contribution < 1.29 is 23.8 Å². The van der Waals surface area contributed by atoms with Gasteiger partial charge in [-0.05, 0) is 44.7 Å². The third kappa shape index (κ3) is 7.79. The molecular weight excluding hydrogens is 342 g/mol. The van der Waals surface area contributed by atoms with Gasteiger partial charge in [-0.3, -0.25) is 10.5 Å². The number of hydrogen-bond donors (Lipinski definition) is 1. The van der Waals surface area contributed by atoms with Crippen molar-refractivity contribution >= 4 is 23.7 Å². The van der Waals surface area contributed by atoms with Crippen molar-refractivity contribution in [2.75, 3.05) is 12.9 Å². The van der Waals surface area contributed by atoms with E-state index in [2.05, 4.69) is 0 Å². The lowest BCUT2D eigenvalue weighted by atomic mass is 10.2. The molecule has 1 rings (SSSR count). The number of thioether (sulfide) groups is 1. The topological polar surface area (TPSA) is 87.9 Å². The summed E-state index contributed by atoms with van der Waals surface area (Å²) in [6.07, 6.45) is -0.325. The molecule has 0 fully saturated rings. The summed E-state index contributed by atoms with van der Waals surface area (Å²) in [6.45, 7) is 7.45. The van der Waals surface area contributed by atoms with Gasteiger partial charge in [0.15, 0.2) is 0 Å². The molecule has 0 heterocycles. The second kappa shape index (κ2) is 9.68. The molecule has 6 nitrogen and oxygen atoms in total. The smallest absolute Gasteiger partial charge is 0.341 e. The molecule has 7 heteroatoms. The summed E-state index contributed by atoms with van der Waals surface area (Å²) >= 11 is 1.62. The molecule has 0 aliphatic heterocycles. The van der Waals surface area contributed by atoms with Crippen molar-refractivity contribution in [2.24, 2.45) is 5.73 Å². The van der Waals surface area contributed by atoms with Crippen LogP contribution >= 0.6 is 11.8 Å². The van der Waals surface area contributed by atoms with Crippen LogP contribution in [0.15, 0.2) is 23.1 Å². The molecule has 1 aromatic rings. The maximum atomic E-state index is 11.9. The van der Waals surface area contributed by atoms with Crippen molar-refractivity contribution in [3.05, 3.63) is 23.8 Å². The van der Waals surface area contributed by atoms with Gasteiger partial charge in [-0.15, -0.1) is 11.8 Å². The summed E-state index contributed by atoms with van der Waals surface area (Å²) in [7, 11) is 1.31. The molecule has 1 unspecified atom stereocenters. The summed E-state index contributed by atoms with van der Waals surface area (Å²) in [5.41, 5.74) is 5.73. The molecule has 0 bridgehead atoms. The van der Waals surface area contributed by atoms with Crippen LogP contribution in [0, 0.1) is 0 Å². The van der Waals surface area contributed by atoms with Crippen LogP contribution in [0.2, 0.25) is 0 Å². The van der Waals surface area contributed by atoms with Gasteiger partial charge in [-0.1, -0.05) is 6.92 Å². The second-order valence-electron chi connectivity index (χ2n) is 6.36. The lowest BCUT2D eigenvalue weighted by Gasteiger charge is -2.21. The first kappa shape index (κ1) is 21.3. The summed E-state index contributed by atoms with van der Waals surface area (Å²) in [4.78, 5) is 24.6. The van der Waals surface area contributed by atoms with Crippen LogP contribution in [-0.2, 0) is 14.3 Å². The standard InChI is InChI=1S/C18H27NO5S/c1-6-25-12-7-8-13(17(21)22-5)14(11-12)23-15(19)9-10-16(20)24-18(2,3)4/h7-8,11,15H,6,9-10,19H2,1-5H3.